The molecule has 0 saturated heterocycles. The fourth-order valence-electron chi connectivity index (χ4n) is 1.56. The van der Waals surface area contributed by atoms with Crippen LogP contribution in [-0.4, -0.2) is 25.7 Å². The summed E-state index contributed by atoms with van der Waals surface area (Å²) in [6.07, 6.45) is 1.53. The van der Waals surface area contributed by atoms with Gasteiger partial charge in [0.15, 0.2) is 0 Å². The van der Waals surface area contributed by atoms with Crippen LogP contribution < -0.4 is 5.73 Å². The summed E-state index contributed by atoms with van der Waals surface area (Å²) in [6.45, 7) is 2.29. The van der Waals surface area contributed by atoms with Crippen molar-refractivity contribution in [1.29, 1.82) is 0 Å². The molecule has 0 aliphatic rings. The minimum Gasteiger partial charge on any atom is -0.469 e. The lowest BCUT2D eigenvalue weighted by atomic mass is 10.0. The zero-order valence-electron chi connectivity index (χ0n) is 11.3. The largest absolute Gasteiger partial charge is 0.469 e. The summed E-state index contributed by atoms with van der Waals surface area (Å²) in [5, 5.41) is 0. The molecule has 0 spiro atoms. The zero-order valence-corrected chi connectivity index (χ0v) is 11.3. The zero-order chi connectivity index (χ0) is 14.3. The SMILES string of the molecule is CCCOC(=O)c1cc(CCC(=O)OC)ccc1N. The monoisotopic (exact) mass is 265 g/mol. The minimum absolute atomic E-state index is 0.268. The van der Waals surface area contributed by atoms with Gasteiger partial charge in [-0.2, -0.15) is 0 Å². The van der Waals surface area contributed by atoms with Crippen LogP contribution >= 0.6 is 0 Å². The molecule has 1 aromatic rings. The fourth-order valence-corrected chi connectivity index (χ4v) is 1.56. The van der Waals surface area contributed by atoms with Crippen molar-refractivity contribution >= 4 is 17.6 Å². The smallest absolute Gasteiger partial charge is 0.340 e. The molecule has 1 aromatic carbocycles. The Morgan fingerprint density at radius 1 is 1.32 bits per heavy atom. The summed E-state index contributed by atoms with van der Waals surface area (Å²) in [4.78, 5) is 22.9. The Morgan fingerprint density at radius 2 is 2.05 bits per heavy atom. The number of esters is 2. The van der Waals surface area contributed by atoms with Gasteiger partial charge in [0.25, 0.3) is 0 Å². The van der Waals surface area contributed by atoms with Gasteiger partial charge in [0.2, 0.25) is 0 Å². The number of aryl methyl sites for hydroxylation is 1. The Bertz CT molecular complexity index is 457. The van der Waals surface area contributed by atoms with E-state index in [4.69, 9.17) is 10.5 Å². The molecule has 0 atom stereocenters. The number of anilines is 1. The van der Waals surface area contributed by atoms with Crippen LogP contribution in [0.3, 0.4) is 0 Å². The summed E-state index contributed by atoms with van der Waals surface area (Å²) in [5.41, 5.74) is 7.32. The van der Waals surface area contributed by atoms with Crippen LogP contribution in [0.1, 0.15) is 35.7 Å². The van der Waals surface area contributed by atoms with Crippen molar-refractivity contribution in [1.82, 2.24) is 0 Å². The maximum absolute atomic E-state index is 11.8. The first-order chi connectivity index (χ1) is 9.08. The van der Waals surface area contributed by atoms with Crippen LogP contribution in [0.15, 0.2) is 18.2 Å². The molecule has 2 N–H and O–H groups in total. The molecule has 0 fully saturated rings. The quantitative estimate of drug-likeness (QED) is 0.628. The molecule has 1 rings (SSSR count). The Balaban J connectivity index is 2.76. The second-order valence-corrected chi connectivity index (χ2v) is 4.13. The highest BCUT2D eigenvalue weighted by atomic mass is 16.5. The van der Waals surface area contributed by atoms with Gasteiger partial charge >= 0.3 is 11.9 Å². The summed E-state index contributed by atoms with van der Waals surface area (Å²) in [7, 11) is 1.35. The predicted molar refractivity (Wildman–Crippen MR) is 71.8 cm³/mol. The first-order valence-electron chi connectivity index (χ1n) is 6.20. The highest BCUT2D eigenvalue weighted by Crippen LogP contribution is 2.17. The standard InChI is InChI=1S/C14H19NO4/c1-3-8-19-14(17)11-9-10(4-6-12(11)15)5-7-13(16)18-2/h4,6,9H,3,5,7-8,15H2,1-2H3. The number of carbonyl (C=O) groups is 2. The Kier molecular flexibility index (Phi) is 5.85. The molecule has 0 aliphatic heterocycles. The predicted octanol–water partition coefficient (Wildman–Crippen LogP) is 1.94. The number of rotatable bonds is 6. The molecule has 0 aliphatic carbocycles. The molecule has 0 unspecified atom stereocenters. The number of ether oxygens (including phenoxy) is 2. The molecular formula is C14H19NO4. The molecule has 0 radical (unpaired) electrons. The lowest BCUT2D eigenvalue weighted by Gasteiger charge is -2.08. The number of nitrogen functional groups attached to an aromatic ring is 1. The Hall–Kier alpha value is -2.04. The van der Waals surface area contributed by atoms with Crippen molar-refractivity contribution in [2.75, 3.05) is 19.5 Å². The molecule has 5 nitrogen and oxygen atoms in total. The van der Waals surface area contributed by atoms with Gasteiger partial charge in [0, 0.05) is 12.1 Å². The molecule has 0 aromatic heterocycles. The molecule has 0 saturated carbocycles. The molecule has 0 bridgehead atoms. The van der Waals surface area contributed by atoms with E-state index < -0.39 is 5.97 Å². The molecule has 19 heavy (non-hydrogen) atoms. The van der Waals surface area contributed by atoms with E-state index in [1.807, 2.05) is 6.92 Å². The highest BCUT2D eigenvalue weighted by molar-refractivity contribution is 5.95. The number of benzene rings is 1. The molecular weight excluding hydrogens is 246 g/mol. The van der Waals surface area contributed by atoms with E-state index in [-0.39, 0.29) is 12.4 Å². The van der Waals surface area contributed by atoms with Crippen molar-refractivity contribution in [2.24, 2.45) is 0 Å². The van der Waals surface area contributed by atoms with Crippen molar-refractivity contribution < 1.29 is 19.1 Å². The second kappa shape index (κ2) is 7.41. The van der Waals surface area contributed by atoms with E-state index in [1.54, 1.807) is 18.2 Å². The van der Waals surface area contributed by atoms with Gasteiger partial charge in [-0.3, -0.25) is 4.79 Å². The van der Waals surface area contributed by atoms with Crippen LogP contribution in [0.5, 0.6) is 0 Å². The third kappa shape index (κ3) is 4.62. The van der Waals surface area contributed by atoms with Gasteiger partial charge in [-0.05, 0) is 30.5 Å². The number of nitrogens with two attached hydrogens (primary N) is 1. The van der Waals surface area contributed by atoms with Gasteiger partial charge in [-0.25, -0.2) is 4.79 Å². The maximum atomic E-state index is 11.8. The molecule has 104 valence electrons. The third-order valence-corrected chi connectivity index (χ3v) is 2.62. The van der Waals surface area contributed by atoms with Crippen LogP contribution in [0.2, 0.25) is 0 Å². The van der Waals surface area contributed by atoms with E-state index >= 15 is 0 Å². The van der Waals surface area contributed by atoms with E-state index in [0.29, 0.717) is 24.3 Å². The third-order valence-electron chi connectivity index (χ3n) is 2.62. The van der Waals surface area contributed by atoms with E-state index in [2.05, 4.69) is 4.74 Å². The van der Waals surface area contributed by atoms with Gasteiger partial charge in [0.05, 0.1) is 19.3 Å². The van der Waals surface area contributed by atoms with Crippen LogP contribution in [0.25, 0.3) is 0 Å². The van der Waals surface area contributed by atoms with E-state index in [9.17, 15) is 9.59 Å². The van der Waals surface area contributed by atoms with Gasteiger partial charge in [-0.15, -0.1) is 0 Å². The van der Waals surface area contributed by atoms with Crippen LogP contribution in [0, 0.1) is 0 Å². The van der Waals surface area contributed by atoms with Crippen LogP contribution in [0.4, 0.5) is 5.69 Å². The maximum Gasteiger partial charge on any atom is 0.340 e. The van der Waals surface area contributed by atoms with Crippen molar-refractivity contribution in [3.05, 3.63) is 29.3 Å². The fraction of sp³-hybridized carbons (Fsp3) is 0.429. The lowest BCUT2D eigenvalue weighted by molar-refractivity contribution is -0.140. The van der Waals surface area contributed by atoms with Crippen molar-refractivity contribution in [3.8, 4) is 0 Å². The average Bonchev–Trinajstić information content (AvgIpc) is 2.43. The summed E-state index contributed by atoms with van der Waals surface area (Å²) < 4.78 is 9.62. The number of methoxy groups -OCH3 is 1. The number of hydrogen-bond donors (Lipinski definition) is 1. The van der Waals surface area contributed by atoms with E-state index in [0.717, 1.165) is 12.0 Å². The van der Waals surface area contributed by atoms with Crippen molar-refractivity contribution in [2.45, 2.75) is 26.2 Å². The summed E-state index contributed by atoms with van der Waals surface area (Å²) in [5.74, 6) is -0.716. The average molecular weight is 265 g/mol. The molecule has 5 heteroatoms. The Morgan fingerprint density at radius 3 is 2.68 bits per heavy atom. The van der Waals surface area contributed by atoms with Crippen LogP contribution in [-0.2, 0) is 20.7 Å². The number of hydrogen-bond acceptors (Lipinski definition) is 5. The number of carbonyl (C=O) groups excluding carboxylic acids is 2. The lowest BCUT2D eigenvalue weighted by Crippen LogP contribution is -2.10. The van der Waals surface area contributed by atoms with Crippen molar-refractivity contribution in [3.63, 3.8) is 0 Å². The normalized spacial score (nSPS) is 10.0. The van der Waals surface area contributed by atoms with E-state index in [1.165, 1.54) is 7.11 Å². The summed E-state index contributed by atoms with van der Waals surface area (Å²) in [6, 6.07) is 5.10. The highest BCUT2D eigenvalue weighted by Gasteiger charge is 2.12. The molecule has 0 amide bonds. The Labute approximate surface area is 112 Å². The molecule has 0 heterocycles. The first-order valence-corrected chi connectivity index (χ1v) is 6.20. The summed E-state index contributed by atoms with van der Waals surface area (Å²) >= 11 is 0. The second-order valence-electron chi connectivity index (χ2n) is 4.13. The van der Waals surface area contributed by atoms with Gasteiger partial charge < -0.3 is 15.2 Å². The topological polar surface area (TPSA) is 78.6 Å². The van der Waals surface area contributed by atoms with Gasteiger partial charge in [0.1, 0.15) is 0 Å². The first kappa shape index (κ1) is 15.0. The van der Waals surface area contributed by atoms with Gasteiger partial charge in [-0.1, -0.05) is 13.0 Å². The minimum atomic E-state index is -0.431.